The van der Waals surface area contributed by atoms with E-state index >= 15 is 0 Å². The molecule has 0 bridgehead atoms. The predicted molar refractivity (Wildman–Crippen MR) is 142 cm³/mol. The van der Waals surface area contributed by atoms with Crippen molar-refractivity contribution in [3.8, 4) is 0 Å². The third-order valence-corrected chi connectivity index (χ3v) is 6.34. The number of nitrogens with one attached hydrogen (secondary N) is 3. The number of rotatable bonds is 26. The van der Waals surface area contributed by atoms with Gasteiger partial charge in [-0.1, -0.05) is 64.2 Å². The number of unbranched alkanes of at least 4 members (excludes halogenated alkanes) is 12. The molecule has 0 rings (SSSR count). The monoisotopic (exact) mass is 513 g/mol. The fraction of sp³-hybridized carbons (Fsp3) is 0.852. The summed E-state index contributed by atoms with van der Waals surface area (Å²) in [7, 11) is 1.63. The first-order valence-corrected chi connectivity index (χ1v) is 14.0. The van der Waals surface area contributed by atoms with Crippen LogP contribution in [0.4, 0.5) is 0 Å². The van der Waals surface area contributed by atoms with Gasteiger partial charge in [-0.25, -0.2) is 0 Å². The molecule has 9 nitrogen and oxygen atoms in total. The highest BCUT2D eigenvalue weighted by Gasteiger charge is 2.13. The lowest BCUT2D eigenvalue weighted by Gasteiger charge is -2.11. The maximum absolute atomic E-state index is 11.9. The molecule has 0 aliphatic heterocycles. The largest absolute Gasteiger partial charge is 0.481 e. The molecular formula is C27H51N3O6. The molecule has 0 aliphatic rings. The van der Waals surface area contributed by atoms with Gasteiger partial charge in [0.05, 0.1) is 0 Å². The first-order chi connectivity index (χ1) is 17.4. The summed E-state index contributed by atoms with van der Waals surface area (Å²) in [5, 5.41) is 26.0. The van der Waals surface area contributed by atoms with Gasteiger partial charge >= 0.3 is 11.9 Å². The molecule has 0 radical (unpaired) electrons. The number of carboxylic acids is 2. The van der Waals surface area contributed by atoms with Gasteiger partial charge in [0, 0.05) is 32.4 Å². The van der Waals surface area contributed by atoms with Gasteiger partial charge in [-0.15, -0.1) is 0 Å². The topological polar surface area (TPSA) is 145 Å². The van der Waals surface area contributed by atoms with E-state index in [0.717, 1.165) is 51.4 Å². The van der Waals surface area contributed by atoms with Crippen molar-refractivity contribution in [3.05, 3.63) is 0 Å². The molecule has 0 unspecified atom stereocenters. The Hall–Kier alpha value is -2.16. The Morgan fingerprint density at radius 1 is 0.556 bits per heavy atom. The van der Waals surface area contributed by atoms with E-state index in [2.05, 4.69) is 16.0 Å². The Balaban J connectivity index is 3.38. The molecule has 0 saturated heterocycles. The van der Waals surface area contributed by atoms with E-state index < -0.39 is 18.0 Å². The second-order valence-electron chi connectivity index (χ2n) is 9.62. The number of likely N-dealkylation sites (N-methyl/N-ethyl adjacent to an activating group) is 1. The maximum Gasteiger partial charge on any atom is 0.320 e. The first-order valence-electron chi connectivity index (χ1n) is 14.0. The van der Waals surface area contributed by atoms with Crippen LogP contribution in [0, 0.1) is 0 Å². The van der Waals surface area contributed by atoms with Crippen molar-refractivity contribution in [2.45, 2.75) is 128 Å². The number of hydrogen-bond donors (Lipinski definition) is 5. The third kappa shape index (κ3) is 23.6. The Kier molecular flexibility index (Phi) is 23.1. The van der Waals surface area contributed by atoms with E-state index in [1.807, 2.05) is 0 Å². The Morgan fingerprint density at radius 3 is 1.42 bits per heavy atom. The summed E-state index contributed by atoms with van der Waals surface area (Å²) in [6.07, 6.45) is 17.3. The van der Waals surface area contributed by atoms with Crippen LogP contribution < -0.4 is 16.0 Å². The second kappa shape index (κ2) is 24.5. The van der Waals surface area contributed by atoms with E-state index in [0.29, 0.717) is 45.2 Å². The summed E-state index contributed by atoms with van der Waals surface area (Å²) >= 11 is 0. The first kappa shape index (κ1) is 33.8. The number of carboxylic acid groups (broad SMARTS) is 2. The average Bonchev–Trinajstić information content (AvgIpc) is 2.83. The lowest BCUT2D eigenvalue weighted by atomic mass is 10.0. The van der Waals surface area contributed by atoms with Gasteiger partial charge < -0.3 is 26.2 Å². The zero-order chi connectivity index (χ0) is 26.9. The lowest BCUT2D eigenvalue weighted by Crippen LogP contribution is -2.34. The Labute approximate surface area is 217 Å². The molecule has 0 aliphatic carbocycles. The van der Waals surface area contributed by atoms with Crippen molar-refractivity contribution in [2.75, 3.05) is 20.1 Å². The average molecular weight is 514 g/mol. The van der Waals surface area contributed by atoms with Gasteiger partial charge in [0.15, 0.2) is 0 Å². The van der Waals surface area contributed by atoms with Crippen LogP contribution in [-0.4, -0.2) is 60.1 Å². The van der Waals surface area contributed by atoms with Crippen molar-refractivity contribution in [1.29, 1.82) is 0 Å². The minimum absolute atomic E-state index is 0.0385. The molecule has 0 heterocycles. The molecule has 0 aromatic rings. The molecule has 0 aromatic carbocycles. The van der Waals surface area contributed by atoms with E-state index in [4.69, 9.17) is 10.2 Å². The summed E-state index contributed by atoms with van der Waals surface area (Å²) < 4.78 is 0. The van der Waals surface area contributed by atoms with Crippen molar-refractivity contribution >= 4 is 23.8 Å². The van der Waals surface area contributed by atoms with E-state index in [-0.39, 0.29) is 11.8 Å². The third-order valence-electron chi connectivity index (χ3n) is 6.34. The summed E-state index contributed by atoms with van der Waals surface area (Å²) in [5.74, 6) is -1.54. The standard InChI is InChI=1S/C27H51N3O6/c1-28-23(27(35)36)17-14-15-21-29-25(32)19-16-22-30-24(31)18-12-10-8-6-4-2-3-5-7-9-11-13-20-26(33)34/h23,28H,2-22H2,1H3,(H,29,32)(H,30,31)(H,33,34)(H,35,36)/t23-/m0/s1. The van der Waals surface area contributed by atoms with E-state index in [1.54, 1.807) is 7.05 Å². The summed E-state index contributed by atoms with van der Waals surface area (Å²) in [6, 6.07) is -0.541. The van der Waals surface area contributed by atoms with Crippen molar-refractivity contribution < 1.29 is 29.4 Å². The molecule has 0 spiro atoms. The quantitative estimate of drug-likeness (QED) is 0.108. The fourth-order valence-corrected chi connectivity index (χ4v) is 4.08. The number of hydrogen-bond acceptors (Lipinski definition) is 5. The SMILES string of the molecule is CN[C@@H](CCCCNC(=O)CCCNC(=O)CCCCCCCCCCCCCCC(=O)O)C(=O)O. The van der Waals surface area contributed by atoms with Gasteiger partial charge in [0.1, 0.15) is 6.04 Å². The van der Waals surface area contributed by atoms with Crippen LogP contribution in [0.25, 0.3) is 0 Å². The smallest absolute Gasteiger partial charge is 0.320 e. The van der Waals surface area contributed by atoms with Gasteiger partial charge in [0.2, 0.25) is 11.8 Å². The summed E-state index contributed by atoms with van der Waals surface area (Å²) in [5.41, 5.74) is 0. The minimum Gasteiger partial charge on any atom is -0.481 e. The van der Waals surface area contributed by atoms with Crippen molar-refractivity contribution in [2.24, 2.45) is 0 Å². The van der Waals surface area contributed by atoms with Crippen LogP contribution in [0.5, 0.6) is 0 Å². The van der Waals surface area contributed by atoms with Crippen molar-refractivity contribution in [3.63, 3.8) is 0 Å². The van der Waals surface area contributed by atoms with Gasteiger partial charge in [-0.3, -0.25) is 19.2 Å². The molecule has 0 saturated carbocycles. The highest BCUT2D eigenvalue weighted by Crippen LogP contribution is 2.13. The number of aliphatic carboxylic acids is 2. The zero-order valence-corrected chi connectivity index (χ0v) is 22.5. The highest BCUT2D eigenvalue weighted by atomic mass is 16.4. The minimum atomic E-state index is -0.856. The van der Waals surface area contributed by atoms with Crippen LogP contribution in [0.1, 0.15) is 122 Å². The number of carbonyl (C=O) groups excluding carboxylic acids is 2. The van der Waals surface area contributed by atoms with Gasteiger partial charge in [-0.2, -0.15) is 0 Å². The fourth-order valence-electron chi connectivity index (χ4n) is 4.08. The molecule has 36 heavy (non-hydrogen) atoms. The Morgan fingerprint density at radius 2 is 0.972 bits per heavy atom. The zero-order valence-electron chi connectivity index (χ0n) is 22.5. The number of carbonyl (C=O) groups is 4. The Bertz CT molecular complexity index is 600. The molecule has 1 atom stereocenters. The molecule has 0 fully saturated rings. The molecule has 210 valence electrons. The van der Waals surface area contributed by atoms with Crippen molar-refractivity contribution in [1.82, 2.24) is 16.0 Å². The molecular weight excluding hydrogens is 462 g/mol. The molecule has 9 heteroatoms. The van der Waals surface area contributed by atoms with Gasteiger partial charge in [0.25, 0.3) is 0 Å². The van der Waals surface area contributed by atoms with Crippen LogP contribution in [-0.2, 0) is 19.2 Å². The van der Waals surface area contributed by atoms with E-state index in [9.17, 15) is 19.2 Å². The summed E-state index contributed by atoms with van der Waals surface area (Å²) in [4.78, 5) is 45.1. The van der Waals surface area contributed by atoms with E-state index in [1.165, 1.54) is 38.5 Å². The molecule has 5 N–H and O–H groups in total. The van der Waals surface area contributed by atoms with Gasteiger partial charge in [-0.05, 0) is 45.6 Å². The van der Waals surface area contributed by atoms with Crippen LogP contribution >= 0.6 is 0 Å². The predicted octanol–water partition coefficient (Wildman–Crippen LogP) is 4.39. The van der Waals surface area contributed by atoms with Crippen LogP contribution in [0.3, 0.4) is 0 Å². The molecule has 2 amide bonds. The lowest BCUT2D eigenvalue weighted by molar-refractivity contribution is -0.139. The molecule has 0 aromatic heterocycles. The normalized spacial score (nSPS) is 11.7. The van der Waals surface area contributed by atoms with Crippen LogP contribution in [0.2, 0.25) is 0 Å². The maximum atomic E-state index is 11.9. The summed E-state index contributed by atoms with van der Waals surface area (Å²) in [6.45, 7) is 1.05. The van der Waals surface area contributed by atoms with Crippen LogP contribution in [0.15, 0.2) is 0 Å². The highest BCUT2D eigenvalue weighted by molar-refractivity contribution is 5.77. The second-order valence-corrected chi connectivity index (χ2v) is 9.62. The number of amides is 2.